The highest BCUT2D eigenvalue weighted by Crippen LogP contribution is 2.29. The molecule has 1 aromatic heterocycles. The third-order valence-electron chi connectivity index (χ3n) is 2.65. The molecule has 2 aromatic rings. The van der Waals surface area contributed by atoms with Gasteiger partial charge in [-0.3, -0.25) is 0 Å². The van der Waals surface area contributed by atoms with Crippen LogP contribution in [0.4, 0.5) is 0 Å². The van der Waals surface area contributed by atoms with Crippen molar-refractivity contribution in [2.75, 3.05) is 7.11 Å². The first-order valence-electron chi connectivity index (χ1n) is 5.94. The van der Waals surface area contributed by atoms with Crippen molar-refractivity contribution in [3.05, 3.63) is 28.6 Å². The molecule has 0 aliphatic carbocycles. The molecule has 1 aromatic carbocycles. The molecule has 0 bridgehead atoms. The molecule has 2 rings (SSSR count). The lowest BCUT2D eigenvalue weighted by molar-refractivity contribution is 0.180. The van der Waals surface area contributed by atoms with E-state index in [4.69, 9.17) is 9.26 Å². The fourth-order valence-electron chi connectivity index (χ4n) is 1.61. The Morgan fingerprint density at radius 2 is 2.26 bits per heavy atom. The smallest absolute Gasteiger partial charge is 0.227 e. The van der Waals surface area contributed by atoms with E-state index in [1.165, 1.54) is 0 Å². The molecule has 102 valence electrons. The van der Waals surface area contributed by atoms with Crippen LogP contribution in [-0.4, -0.2) is 28.5 Å². The molecule has 1 unspecified atom stereocenters. The summed E-state index contributed by atoms with van der Waals surface area (Å²) in [5.74, 6) is 1.81. The van der Waals surface area contributed by atoms with Gasteiger partial charge in [0.25, 0.3) is 0 Å². The molecule has 0 saturated carbocycles. The molecule has 0 saturated heterocycles. The van der Waals surface area contributed by atoms with Gasteiger partial charge in [0.15, 0.2) is 0 Å². The summed E-state index contributed by atoms with van der Waals surface area (Å²) in [4.78, 5) is 4.30. The first-order valence-corrected chi connectivity index (χ1v) is 6.74. The summed E-state index contributed by atoms with van der Waals surface area (Å²) < 4.78 is 11.2. The standard InChI is InChI=1S/C13H15BrN2O3/c1-8(17)3-6-12-15-13(16-19-12)9-4-5-11(18-2)10(14)7-9/h4-5,7-8,17H,3,6H2,1-2H3. The molecule has 0 amide bonds. The number of hydrogen-bond donors (Lipinski definition) is 1. The summed E-state index contributed by atoms with van der Waals surface area (Å²) in [6, 6.07) is 5.58. The third kappa shape index (κ3) is 3.54. The van der Waals surface area contributed by atoms with Crippen molar-refractivity contribution in [2.24, 2.45) is 0 Å². The predicted octanol–water partition coefficient (Wildman–Crippen LogP) is 2.82. The minimum Gasteiger partial charge on any atom is -0.496 e. The Bertz CT molecular complexity index is 555. The number of aromatic nitrogens is 2. The van der Waals surface area contributed by atoms with Crippen molar-refractivity contribution in [2.45, 2.75) is 25.9 Å². The normalized spacial score (nSPS) is 12.4. The highest BCUT2D eigenvalue weighted by Gasteiger charge is 2.11. The molecule has 0 spiro atoms. The number of rotatable bonds is 5. The molecule has 0 radical (unpaired) electrons. The number of ether oxygens (including phenoxy) is 1. The number of hydrogen-bond acceptors (Lipinski definition) is 5. The first kappa shape index (κ1) is 14.0. The van der Waals surface area contributed by atoms with Gasteiger partial charge in [0.2, 0.25) is 11.7 Å². The Morgan fingerprint density at radius 3 is 2.89 bits per heavy atom. The number of halogens is 1. The third-order valence-corrected chi connectivity index (χ3v) is 3.27. The van der Waals surface area contributed by atoms with Crippen molar-refractivity contribution >= 4 is 15.9 Å². The van der Waals surface area contributed by atoms with Crippen molar-refractivity contribution in [3.63, 3.8) is 0 Å². The van der Waals surface area contributed by atoms with Gasteiger partial charge in [-0.25, -0.2) is 0 Å². The van der Waals surface area contributed by atoms with E-state index in [-0.39, 0.29) is 6.10 Å². The topological polar surface area (TPSA) is 68.4 Å². The molecule has 1 N–H and O–H groups in total. The van der Waals surface area contributed by atoms with Gasteiger partial charge in [0.05, 0.1) is 17.7 Å². The highest BCUT2D eigenvalue weighted by atomic mass is 79.9. The molecule has 19 heavy (non-hydrogen) atoms. The molecular formula is C13H15BrN2O3. The van der Waals surface area contributed by atoms with Crippen molar-refractivity contribution in [1.82, 2.24) is 10.1 Å². The number of nitrogens with zero attached hydrogens (tertiary/aromatic N) is 2. The molecule has 1 atom stereocenters. The van der Waals surface area contributed by atoms with Crippen LogP contribution in [0.25, 0.3) is 11.4 Å². The maximum Gasteiger partial charge on any atom is 0.227 e. The van der Waals surface area contributed by atoms with Crippen LogP contribution in [0.3, 0.4) is 0 Å². The Morgan fingerprint density at radius 1 is 1.47 bits per heavy atom. The summed E-state index contributed by atoms with van der Waals surface area (Å²) in [7, 11) is 1.61. The van der Waals surface area contributed by atoms with Crippen LogP contribution in [0.5, 0.6) is 5.75 Å². The second-order valence-electron chi connectivity index (χ2n) is 4.25. The van der Waals surface area contributed by atoms with Crippen LogP contribution in [0.2, 0.25) is 0 Å². The zero-order chi connectivity index (χ0) is 13.8. The lowest BCUT2D eigenvalue weighted by Crippen LogP contribution is -2.01. The van der Waals surface area contributed by atoms with E-state index in [2.05, 4.69) is 26.1 Å². The van der Waals surface area contributed by atoms with Gasteiger partial charge < -0.3 is 14.4 Å². The fraction of sp³-hybridized carbons (Fsp3) is 0.385. The maximum atomic E-state index is 9.22. The van der Waals surface area contributed by atoms with E-state index in [0.29, 0.717) is 24.6 Å². The Labute approximate surface area is 119 Å². The summed E-state index contributed by atoms with van der Waals surface area (Å²) >= 11 is 3.42. The Balaban J connectivity index is 2.16. The minimum atomic E-state index is -0.370. The summed E-state index contributed by atoms with van der Waals surface area (Å²) in [6.45, 7) is 1.73. The van der Waals surface area contributed by atoms with Crippen LogP contribution in [0.1, 0.15) is 19.2 Å². The number of methoxy groups -OCH3 is 1. The number of aryl methyl sites for hydroxylation is 1. The molecule has 0 aliphatic rings. The second-order valence-corrected chi connectivity index (χ2v) is 5.10. The molecular weight excluding hydrogens is 312 g/mol. The number of aliphatic hydroxyl groups is 1. The van der Waals surface area contributed by atoms with E-state index in [1.54, 1.807) is 14.0 Å². The predicted molar refractivity (Wildman–Crippen MR) is 74.0 cm³/mol. The van der Waals surface area contributed by atoms with Gasteiger partial charge >= 0.3 is 0 Å². The molecule has 6 heteroatoms. The average molecular weight is 327 g/mol. The first-order chi connectivity index (χ1) is 9.10. The SMILES string of the molecule is COc1ccc(-c2noc(CCC(C)O)n2)cc1Br. The highest BCUT2D eigenvalue weighted by molar-refractivity contribution is 9.10. The van der Waals surface area contributed by atoms with Crippen molar-refractivity contribution in [3.8, 4) is 17.1 Å². The molecule has 0 aliphatic heterocycles. The van der Waals surface area contributed by atoms with Gasteiger partial charge in [0, 0.05) is 12.0 Å². The van der Waals surface area contributed by atoms with E-state index < -0.39 is 0 Å². The minimum absolute atomic E-state index is 0.370. The van der Waals surface area contributed by atoms with Crippen LogP contribution < -0.4 is 4.74 Å². The second kappa shape index (κ2) is 6.16. The van der Waals surface area contributed by atoms with Gasteiger partial charge in [0.1, 0.15) is 5.75 Å². The van der Waals surface area contributed by atoms with Gasteiger partial charge in [-0.2, -0.15) is 4.98 Å². The van der Waals surface area contributed by atoms with Gasteiger partial charge in [-0.1, -0.05) is 5.16 Å². The molecule has 5 nitrogen and oxygen atoms in total. The van der Waals surface area contributed by atoms with Crippen LogP contribution in [0, 0.1) is 0 Å². The molecule has 1 heterocycles. The van der Waals surface area contributed by atoms with E-state index in [1.807, 2.05) is 18.2 Å². The largest absolute Gasteiger partial charge is 0.496 e. The summed E-state index contributed by atoms with van der Waals surface area (Å²) in [6.07, 6.45) is 0.807. The number of benzene rings is 1. The zero-order valence-corrected chi connectivity index (χ0v) is 12.3. The van der Waals surface area contributed by atoms with E-state index in [9.17, 15) is 5.11 Å². The Hall–Kier alpha value is -1.40. The summed E-state index contributed by atoms with van der Waals surface area (Å²) in [5.41, 5.74) is 0.847. The van der Waals surface area contributed by atoms with Gasteiger partial charge in [-0.05, 0) is 47.5 Å². The quantitative estimate of drug-likeness (QED) is 0.914. The van der Waals surface area contributed by atoms with Crippen LogP contribution in [0.15, 0.2) is 27.2 Å². The van der Waals surface area contributed by atoms with Crippen molar-refractivity contribution in [1.29, 1.82) is 0 Å². The van der Waals surface area contributed by atoms with E-state index >= 15 is 0 Å². The molecule has 0 fully saturated rings. The zero-order valence-electron chi connectivity index (χ0n) is 10.8. The lowest BCUT2D eigenvalue weighted by atomic mass is 10.2. The van der Waals surface area contributed by atoms with E-state index in [0.717, 1.165) is 15.8 Å². The Kier molecular flexibility index (Phi) is 4.55. The summed E-state index contributed by atoms with van der Waals surface area (Å²) in [5, 5.41) is 13.2. The average Bonchev–Trinajstić information content (AvgIpc) is 2.85. The van der Waals surface area contributed by atoms with Crippen LogP contribution >= 0.6 is 15.9 Å². The van der Waals surface area contributed by atoms with Gasteiger partial charge in [-0.15, -0.1) is 0 Å². The monoisotopic (exact) mass is 326 g/mol. The fourth-order valence-corrected chi connectivity index (χ4v) is 2.15. The van der Waals surface area contributed by atoms with Crippen LogP contribution in [-0.2, 0) is 6.42 Å². The lowest BCUT2D eigenvalue weighted by Gasteiger charge is -2.03. The number of aliphatic hydroxyl groups excluding tert-OH is 1. The van der Waals surface area contributed by atoms with Crippen molar-refractivity contribution < 1.29 is 14.4 Å². The maximum absolute atomic E-state index is 9.22.